The molecule has 2 saturated heterocycles. The first-order chi connectivity index (χ1) is 22.3. The Hall–Kier alpha value is -3.94. The van der Waals surface area contributed by atoms with Gasteiger partial charge in [0, 0.05) is 49.9 Å². The Kier molecular flexibility index (Phi) is 11.0. The number of aromatic nitrogens is 3. The van der Waals surface area contributed by atoms with Gasteiger partial charge < -0.3 is 10.1 Å². The highest BCUT2D eigenvalue weighted by molar-refractivity contribution is 5.87. The van der Waals surface area contributed by atoms with Crippen molar-refractivity contribution in [3.05, 3.63) is 89.0 Å². The molecular weight excluding hydrogens is 586 g/mol. The van der Waals surface area contributed by atoms with Crippen LogP contribution in [0, 0.1) is 17.2 Å². The summed E-state index contributed by atoms with van der Waals surface area (Å²) in [5.41, 5.74) is 0.653. The van der Waals surface area contributed by atoms with Crippen LogP contribution >= 0.6 is 0 Å². The minimum Gasteiger partial charge on any atom is -0.381 e. The van der Waals surface area contributed by atoms with Crippen LogP contribution in [0.4, 0.5) is 14.6 Å². The number of pyridine rings is 1. The number of nitrogens with zero attached hydrogens (tertiary/aromatic N) is 5. The van der Waals surface area contributed by atoms with E-state index in [0.717, 1.165) is 31.4 Å². The molecule has 2 fully saturated rings. The van der Waals surface area contributed by atoms with E-state index in [9.17, 15) is 10.1 Å². The molecule has 2 aliphatic heterocycles. The largest absolute Gasteiger partial charge is 0.381 e. The number of unbranched alkanes of at least 4 members (excludes halogenated alkanes) is 2. The molecule has 244 valence electrons. The molecule has 0 amide bonds. The Labute approximate surface area is 269 Å². The number of allylic oxidation sites excluding steroid dienone is 1. The van der Waals surface area contributed by atoms with E-state index >= 15 is 8.78 Å². The molecule has 4 heterocycles. The molecule has 1 aromatic carbocycles. The molecule has 0 spiro atoms. The van der Waals surface area contributed by atoms with Gasteiger partial charge in [0.25, 0.3) is 11.5 Å². The van der Waals surface area contributed by atoms with E-state index in [4.69, 9.17) is 4.74 Å². The number of hydrogen-bond donors (Lipinski definition) is 1. The second-order valence-electron chi connectivity index (χ2n) is 12.4. The zero-order valence-electron chi connectivity index (χ0n) is 26.5. The van der Waals surface area contributed by atoms with Crippen molar-refractivity contribution in [2.24, 2.45) is 5.92 Å². The fourth-order valence-electron chi connectivity index (χ4n) is 6.75. The summed E-state index contributed by atoms with van der Waals surface area (Å²) in [4.78, 5) is 25.1. The van der Waals surface area contributed by atoms with Crippen LogP contribution in [0.15, 0.2) is 66.8 Å². The molecule has 0 bridgehead atoms. The topological polar surface area (TPSA) is 96.1 Å². The summed E-state index contributed by atoms with van der Waals surface area (Å²) in [6, 6.07) is 10.9. The molecule has 5 rings (SSSR count). The van der Waals surface area contributed by atoms with Gasteiger partial charge in [-0.3, -0.25) is 14.3 Å². The summed E-state index contributed by atoms with van der Waals surface area (Å²) in [5, 5.41) is 14.3. The summed E-state index contributed by atoms with van der Waals surface area (Å²) in [5.74, 6) is -3.05. The van der Waals surface area contributed by atoms with Crippen molar-refractivity contribution in [2.45, 2.75) is 69.2 Å². The Bertz CT molecular complexity index is 1620. The SMILES string of the molecule is C=CCCCCn1c(=O)c(C2(C#N)CCOCC2)cc2c(NCCc3cccc(C(F)(F)C4CCN(CC=C)CC4)c3)ncnc21. The lowest BCUT2D eigenvalue weighted by molar-refractivity contribution is -0.0847. The van der Waals surface area contributed by atoms with Crippen molar-refractivity contribution in [2.75, 3.05) is 44.7 Å². The Morgan fingerprint density at radius 1 is 1.13 bits per heavy atom. The molecule has 2 aliphatic rings. The third kappa shape index (κ3) is 7.21. The minimum atomic E-state index is -2.90. The molecule has 0 aliphatic carbocycles. The highest BCUT2D eigenvalue weighted by atomic mass is 19.3. The fourth-order valence-corrected chi connectivity index (χ4v) is 6.75. The van der Waals surface area contributed by atoms with Gasteiger partial charge in [0.1, 0.15) is 17.8 Å². The van der Waals surface area contributed by atoms with Crippen molar-refractivity contribution >= 4 is 16.9 Å². The molecule has 0 radical (unpaired) electrons. The maximum atomic E-state index is 15.6. The number of ether oxygens (including phenoxy) is 1. The number of aryl methyl sites for hydroxylation is 1. The van der Waals surface area contributed by atoms with Crippen molar-refractivity contribution in [1.29, 1.82) is 5.26 Å². The summed E-state index contributed by atoms with van der Waals surface area (Å²) >= 11 is 0. The number of nitrogens with one attached hydrogen (secondary N) is 1. The van der Waals surface area contributed by atoms with Gasteiger partial charge in [-0.25, -0.2) is 18.7 Å². The second kappa shape index (κ2) is 15.1. The number of fused-ring (bicyclic) bond motifs is 1. The summed E-state index contributed by atoms with van der Waals surface area (Å²) < 4.78 is 38.4. The molecule has 0 saturated carbocycles. The highest BCUT2D eigenvalue weighted by Gasteiger charge is 2.42. The van der Waals surface area contributed by atoms with Gasteiger partial charge in [0.05, 0.1) is 16.9 Å². The van der Waals surface area contributed by atoms with Crippen LogP contribution in [0.2, 0.25) is 0 Å². The molecule has 1 N–H and O–H groups in total. The van der Waals surface area contributed by atoms with E-state index in [2.05, 4.69) is 39.4 Å². The number of halogens is 2. The van der Waals surface area contributed by atoms with Gasteiger partial charge in [0.15, 0.2) is 0 Å². The van der Waals surface area contributed by atoms with Crippen LogP contribution in [-0.4, -0.2) is 58.8 Å². The van der Waals surface area contributed by atoms with Crippen molar-refractivity contribution < 1.29 is 13.5 Å². The van der Waals surface area contributed by atoms with E-state index < -0.39 is 17.3 Å². The predicted molar refractivity (Wildman–Crippen MR) is 177 cm³/mol. The molecule has 3 aromatic rings. The smallest absolute Gasteiger partial charge is 0.276 e. The zero-order chi connectivity index (χ0) is 32.6. The maximum absolute atomic E-state index is 15.6. The van der Waals surface area contributed by atoms with Crippen LogP contribution < -0.4 is 10.9 Å². The van der Waals surface area contributed by atoms with Crippen LogP contribution in [0.1, 0.15) is 61.6 Å². The standard InChI is InChI=1S/C36H44F2N6O2/c1-3-5-6-7-18-44-33-30(24-31(34(44)45)35(25-39)14-21-46-22-15-35)32(41-26-42-33)40-16-11-27-9-8-10-29(23-27)36(37,38)28-12-19-43(17-4-2)20-13-28/h3-4,8-10,23-24,26,28H,1-2,5-7,11-22H2,(H,40,41,42). The molecule has 10 heteroatoms. The van der Waals surface area contributed by atoms with Crippen molar-refractivity contribution in [3.63, 3.8) is 0 Å². The maximum Gasteiger partial charge on any atom is 0.276 e. The number of piperidine rings is 1. The molecule has 46 heavy (non-hydrogen) atoms. The van der Waals surface area contributed by atoms with E-state index in [-0.39, 0.29) is 11.1 Å². The van der Waals surface area contributed by atoms with Gasteiger partial charge in [-0.1, -0.05) is 30.4 Å². The van der Waals surface area contributed by atoms with Crippen LogP contribution in [-0.2, 0) is 29.0 Å². The van der Waals surface area contributed by atoms with Crippen LogP contribution in [0.3, 0.4) is 0 Å². The third-order valence-electron chi connectivity index (χ3n) is 9.50. The zero-order valence-corrected chi connectivity index (χ0v) is 26.5. The van der Waals surface area contributed by atoms with E-state index in [1.54, 1.807) is 22.8 Å². The normalized spacial score (nSPS) is 17.4. The molecule has 8 nitrogen and oxygen atoms in total. The third-order valence-corrected chi connectivity index (χ3v) is 9.50. The van der Waals surface area contributed by atoms with Crippen LogP contribution in [0.25, 0.3) is 11.0 Å². The Morgan fingerprint density at radius 3 is 2.63 bits per heavy atom. The molecule has 0 atom stereocenters. The molecule has 0 unspecified atom stereocenters. The van der Waals surface area contributed by atoms with E-state index in [1.165, 1.54) is 12.4 Å². The Morgan fingerprint density at radius 2 is 1.91 bits per heavy atom. The summed E-state index contributed by atoms with van der Waals surface area (Å²) in [6.07, 6.45) is 9.87. The average molecular weight is 631 g/mol. The van der Waals surface area contributed by atoms with E-state index in [1.807, 2.05) is 18.2 Å². The lowest BCUT2D eigenvalue weighted by atomic mass is 9.75. The summed E-state index contributed by atoms with van der Waals surface area (Å²) in [7, 11) is 0. The number of benzene rings is 1. The Balaban J connectivity index is 1.37. The first-order valence-electron chi connectivity index (χ1n) is 16.4. The van der Waals surface area contributed by atoms with Gasteiger partial charge in [0.2, 0.25) is 0 Å². The van der Waals surface area contributed by atoms with Crippen molar-refractivity contribution in [1.82, 2.24) is 19.4 Å². The molecular formula is C36H44F2N6O2. The number of alkyl halides is 2. The van der Waals surface area contributed by atoms with Crippen molar-refractivity contribution in [3.8, 4) is 6.07 Å². The average Bonchev–Trinajstić information content (AvgIpc) is 3.08. The van der Waals surface area contributed by atoms with Gasteiger partial charge in [-0.05, 0) is 82.2 Å². The number of hydrogen-bond acceptors (Lipinski definition) is 7. The lowest BCUT2D eigenvalue weighted by Crippen LogP contribution is -2.39. The number of nitriles is 1. The van der Waals surface area contributed by atoms with Gasteiger partial charge >= 0.3 is 0 Å². The number of rotatable bonds is 14. The quantitative estimate of drug-likeness (QED) is 0.164. The predicted octanol–water partition coefficient (Wildman–Crippen LogP) is 6.36. The van der Waals surface area contributed by atoms with Crippen LogP contribution in [0.5, 0.6) is 0 Å². The molecule has 2 aromatic heterocycles. The van der Waals surface area contributed by atoms with Gasteiger partial charge in [-0.15, -0.1) is 13.2 Å². The highest BCUT2D eigenvalue weighted by Crippen LogP contribution is 2.42. The first kappa shape index (κ1) is 33.4. The number of anilines is 1. The lowest BCUT2D eigenvalue weighted by Gasteiger charge is -2.35. The second-order valence-corrected chi connectivity index (χ2v) is 12.4. The van der Waals surface area contributed by atoms with E-state index in [0.29, 0.717) is 93.9 Å². The van der Waals surface area contributed by atoms with Gasteiger partial charge in [-0.2, -0.15) is 5.26 Å². The number of likely N-dealkylation sites (tertiary alicyclic amines) is 1. The fraction of sp³-hybridized carbons (Fsp3) is 0.500. The first-order valence-corrected chi connectivity index (χ1v) is 16.4. The summed E-state index contributed by atoms with van der Waals surface area (Å²) in [6.45, 7) is 11.3. The minimum absolute atomic E-state index is 0.0584. The monoisotopic (exact) mass is 630 g/mol.